The van der Waals surface area contributed by atoms with Crippen molar-refractivity contribution in [3.8, 4) is 5.75 Å². The number of hydrogen-bond donors (Lipinski definition) is 1. The highest BCUT2D eigenvalue weighted by Gasteiger charge is 2.33. The molecule has 112 valence electrons. The Morgan fingerprint density at radius 2 is 1.76 bits per heavy atom. The first-order valence-corrected chi connectivity index (χ1v) is 6.84. The predicted molar refractivity (Wildman–Crippen MR) is 78.2 cm³/mol. The van der Waals surface area contributed by atoms with Gasteiger partial charge >= 0.3 is 5.92 Å². The molecule has 6 heteroatoms. The summed E-state index contributed by atoms with van der Waals surface area (Å²) in [6.07, 6.45) is 0. The van der Waals surface area contributed by atoms with Crippen molar-refractivity contribution in [1.29, 1.82) is 0 Å². The number of benzene rings is 2. The van der Waals surface area contributed by atoms with Crippen molar-refractivity contribution in [2.24, 2.45) is 0 Å². The van der Waals surface area contributed by atoms with Crippen LogP contribution >= 0.6 is 23.2 Å². The fraction of sp³-hybridized carbons (Fsp3) is 0.200. The van der Waals surface area contributed by atoms with Crippen LogP contribution in [0.15, 0.2) is 42.5 Å². The van der Waals surface area contributed by atoms with E-state index in [1.165, 1.54) is 36.4 Å². The van der Waals surface area contributed by atoms with Gasteiger partial charge < -0.3 is 9.84 Å². The van der Waals surface area contributed by atoms with E-state index in [-0.39, 0.29) is 21.9 Å². The molecule has 0 spiro atoms. The fourth-order valence-electron chi connectivity index (χ4n) is 1.82. The number of hydrogen-bond acceptors (Lipinski definition) is 2. The molecule has 0 fully saturated rings. The third kappa shape index (κ3) is 3.84. The zero-order valence-corrected chi connectivity index (χ0v) is 12.3. The summed E-state index contributed by atoms with van der Waals surface area (Å²) in [6.45, 7) is -1.29. The molecule has 0 heterocycles. The molecule has 0 unspecified atom stereocenters. The minimum absolute atomic E-state index is 0.0131. The number of ether oxygens (including phenoxy) is 1. The maximum atomic E-state index is 14.0. The number of alkyl halides is 2. The third-order valence-corrected chi connectivity index (χ3v) is 3.35. The Kier molecular flexibility index (Phi) is 5.04. The number of halogens is 4. The van der Waals surface area contributed by atoms with Crippen LogP contribution in [0.3, 0.4) is 0 Å². The quantitative estimate of drug-likeness (QED) is 0.863. The Balaban J connectivity index is 2.20. The summed E-state index contributed by atoms with van der Waals surface area (Å²) in [5, 5.41) is 9.61. The summed E-state index contributed by atoms with van der Waals surface area (Å²) >= 11 is 11.7. The van der Waals surface area contributed by atoms with Gasteiger partial charge in [0.25, 0.3) is 0 Å². The van der Waals surface area contributed by atoms with E-state index in [4.69, 9.17) is 27.9 Å². The molecule has 0 saturated heterocycles. The maximum Gasteiger partial charge on any atom is 0.306 e. The van der Waals surface area contributed by atoms with Gasteiger partial charge in [-0.15, -0.1) is 0 Å². The van der Waals surface area contributed by atoms with Gasteiger partial charge in [-0.2, -0.15) is 8.78 Å². The maximum absolute atomic E-state index is 14.0. The Labute approximate surface area is 130 Å². The molecule has 2 aromatic carbocycles. The lowest BCUT2D eigenvalue weighted by Gasteiger charge is -2.19. The van der Waals surface area contributed by atoms with Crippen molar-refractivity contribution in [2.45, 2.75) is 12.5 Å². The van der Waals surface area contributed by atoms with Crippen LogP contribution in [0.4, 0.5) is 8.78 Å². The monoisotopic (exact) mass is 332 g/mol. The van der Waals surface area contributed by atoms with Gasteiger partial charge in [-0.05, 0) is 12.1 Å². The minimum Gasteiger partial charge on any atom is -0.485 e. The lowest BCUT2D eigenvalue weighted by atomic mass is 10.1. The first-order chi connectivity index (χ1) is 9.94. The van der Waals surface area contributed by atoms with Gasteiger partial charge in [0.2, 0.25) is 0 Å². The first-order valence-electron chi connectivity index (χ1n) is 6.09. The smallest absolute Gasteiger partial charge is 0.306 e. The third-order valence-electron chi connectivity index (χ3n) is 2.85. The first kappa shape index (κ1) is 16.0. The van der Waals surface area contributed by atoms with E-state index in [0.717, 1.165) is 0 Å². The van der Waals surface area contributed by atoms with E-state index in [1.54, 1.807) is 6.07 Å². The van der Waals surface area contributed by atoms with Gasteiger partial charge in [-0.1, -0.05) is 53.5 Å². The van der Waals surface area contributed by atoms with Crippen molar-refractivity contribution in [2.75, 3.05) is 6.61 Å². The number of aliphatic hydroxyl groups is 1. The zero-order valence-electron chi connectivity index (χ0n) is 10.8. The normalized spacial score (nSPS) is 11.5. The molecule has 0 aliphatic carbocycles. The van der Waals surface area contributed by atoms with Gasteiger partial charge in [0.1, 0.15) is 5.75 Å². The van der Waals surface area contributed by atoms with Crippen LogP contribution in [0, 0.1) is 0 Å². The van der Waals surface area contributed by atoms with Gasteiger partial charge in [0.15, 0.2) is 6.61 Å². The molecule has 0 bridgehead atoms. The molecule has 0 aliphatic heterocycles. The van der Waals surface area contributed by atoms with E-state index in [0.29, 0.717) is 5.02 Å². The standard InChI is InChI=1S/C15H12Cl2F2O2/c16-12-6-10(8-20)14(13(17)7-12)21-9-15(18,19)11-4-2-1-3-5-11/h1-7,20H,8-9H2. The molecule has 0 atom stereocenters. The zero-order chi connectivity index (χ0) is 15.5. The van der Waals surface area contributed by atoms with Crippen LogP contribution in [0.5, 0.6) is 5.75 Å². The summed E-state index contributed by atoms with van der Waals surface area (Å²) in [5.41, 5.74) is 0.108. The second-order valence-corrected chi connectivity index (χ2v) is 5.24. The SMILES string of the molecule is OCc1cc(Cl)cc(Cl)c1OCC(F)(F)c1ccccc1. The van der Waals surface area contributed by atoms with Crippen molar-refractivity contribution < 1.29 is 18.6 Å². The van der Waals surface area contributed by atoms with E-state index in [9.17, 15) is 13.9 Å². The molecule has 0 aliphatic rings. The summed E-state index contributed by atoms with van der Waals surface area (Å²) in [4.78, 5) is 0. The van der Waals surface area contributed by atoms with Crippen molar-refractivity contribution >= 4 is 23.2 Å². The number of rotatable bonds is 5. The lowest BCUT2D eigenvalue weighted by Crippen LogP contribution is -2.23. The van der Waals surface area contributed by atoms with Crippen molar-refractivity contribution in [3.63, 3.8) is 0 Å². The molecule has 21 heavy (non-hydrogen) atoms. The molecule has 2 nitrogen and oxygen atoms in total. The highest BCUT2D eigenvalue weighted by atomic mass is 35.5. The Hall–Kier alpha value is -1.36. The Morgan fingerprint density at radius 1 is 1.10 bits per heavy atom. The van der Waals surface area contributed by atoms with Gasteiger partial charge in [-0.3, -0.25) is 0 Å². The molecule has 1 N–H and O–H groups in total. The van der Waals surface area contributed by atoms with Crippen molar-refractivity contribution in [1.82, 2.24) is 0 Å². The van der Waals surface area contributed by atoms with Gasteiger partial charge in [0.05, 0.1) is 11.6 Å². The average Bonchev–Trinajstić information content (AvgIpc) is 2.46. The highest BCUT2D eigenvalue weighted by molar-refractivity contribution is 6.35. The van der Waals surface area contributed by atoms with E-state index < -0.39 is 19.1 Å². The second kappa shape index (κ2) is 6.60. The van der Waals surface area contributed by atoms with Crippen molar-refractivity contribution in [3.05, 3.63) is 63.6 Å². The summed E-state index contributed by atoms with van der Waals surface area (Å²) in [6, 6.07) is 10.1. The predicted octanol–water partition coefficient (Wildman–Crippen LogP) is 4.66. The molecule has 0 aromatic heterocycles. The van der Waals surface area contributed by atoms with E-state index in [1.807, 2.05) is 0 Å². The largest absolute Gasteiger partial charge is 0.485 e. The molecule has 2 aromatic rings. The van der Waals surface area contributed by atoms with Crippen LogP contribution in [-0.4, -0.2) is 11.7 Å². The van der Waals surface area contributed by atoms with E-state index >= 15 is 0 Å². The van der Waals surface area contributed by atoms with E-state index in [2.05, 4.69) is 0 Å². The summed E-state index contributed by atoms with van der Waals surface area (Å²) in [7, 11) is 0. The van der Waals surface area contributed by atoms with Crippen LogP contribution < -0.4 is 4.74 Å². The lowest BCUT2D eigenvalue weighted by molar-refractivity contribution is -0.0471. The Bertz CT molecular complexity index is 619. The topological polar surface area (TPSA) is 29.5 Å². The highest BCUT2D eigenvalue weighted by Crippen LogP contribution is 2.35. The Morgan fingerprint density at radius 3 is 2.38 bits per heavy atom. The van der Waals surface area contributed by atoms with Crippen LogP contribution in [0.2, 0.25) is 10.0 Å². The molecule has 0 radical (unpaired) electrons. The summed E-state index contributed by atoms with van der Waals surface area (Å²) in [5.74, 6) is -3.16. The van der Waals surface area contributed by atoms with Gasteiger partial charge in [0, 0.05) is 16.1 Å². The fourth-order valence-corrected chi connectivity index (χ4v) is 2.41. The van der Waals surface area contributed by atoms with Crippen LogP contribution in [-0.2, 0) is 12.5 Å². The molecule has 2 rings (SSSR count). The molecule has 0 amide bonds. The van der Waals surface area contributed by atoms with Gasteiger partial charge in [-0.25, -0.2) is 0 Å². The summed E-state index contributed by atoms with van der Waals surface area (Å²) < 4.78 is 33.2. The van der Waals surface area contributed by atoms with Crippen LogP contribution in [0.1, 0.15) is 11.1 Å². The molecular weight excluding hydrogens is 321 g/mol. The second-order valence-electron chi connectivity index (χ2n) is 4.39. The molecular formula is C15H12Cl2F2O2. The number of aliphatic hydroxyl groups excluding tert-OH is 1. The van der Waals surface area contributed by atoms with Crippen LogP contribution in [0.25, 0.3) is 0 Å². The minimum atomic E-state index is -3.17. The molecule has 0 saturated carbocycles. The average molecular weight is 333 g/mol.